The van der Waals surface area contributed by atoms with Gasteiger partial charge in [0.15, 0.2) is 6.10 Å². The maximum absolute atomic E-state index is 12.8. The Balaban J connectivity index is 4.20. The highest BCUT2D eigenvalue weighted by Crippen LogP contribution is 2.43. The summed E-state index contributed by atoms with van der Waals surface area (Å²) in [6.07, 6.45) is 74.3. The zero-order valence-corrected chi connectivity index (χ0v) is 48.2. The molecule has 73 heavy (non-hydrogen) atoms. The van der Waals surface area contributed by atoms with Gasteiger partial charge >= 0.3 is 19.8 Å². The van der Waals surface area contributed by atoms with Gasteiger partial charge in [-0.05, 0) is 103 Å². The van der Waals surface area contributed by atoms with Gasteiger partial charge in [0.05, 0.1) is 27.7 Å². The molecule has 0 aliphatic heterocycles. The van der Waals surface area contributed by atoms with E-state index in [1.165, 1.54) is 83.5 Å². The van der Waals surface area contributed by atoms with Crippen LogP contribution in [0.1, 0.15) is 226 Å². The van der Waals surface area contributed by atoms with Crippen LogP contribution in [0, 0.1) is 0 Å². The van der Waals surface area contributed by atoms with Gasteiger partial charge in [0, 0.05) is 12.8 Å². The zero-order chi connectivity index (χ0) is 53.5. The number of phosphoric ester groups is 1. The predicted molar refractivity (Wildman–Crippen MR) is 311 cm³/mol. The number of carbonyl (C=O) groups is 2. The molecule has 2 atom stereocenters. The Bertz CT molecular complexity index is 1600. The van der Waals surface area contributed by atoms with Gasteiger partial charge in [-0.15, -0.1) is 0 Å². The molecule has 0 aromatic heterocycles. The average Bonchev–Trinajstić information content (AvgIpc) is 3.35. The number of rotatable bonds is 52. The van der Waals surface area contributed by atoms with Gasteiger partial charge in [-0.25, -0.2) is 4.57 Å². The molecule has 0 aromatic rings. The third-order valence-corrected chi connectivity index (χ3v) is 13.0. The minimum Gasteiger partial charge on any atom is -0.462 e. The first-order chi connectivity index (χ1) is 35.5. The summed E-state index contributed by atoms with van der Waals surface area (Å²) in [5.74, 6) is -0.818. The maximum Gasteiger partial charge on any atom is 0.472 e. The van der Waals surface area contributed by atoms with Crippen LogP contribution in [0.3, 0.4) is 0 Å². The maximum atomic E-state index is 12.8. The molecular weight excluding hydrogens is 930 g/mol. The monoisotopic (exact) mass is 1040 g/mol. The van der Waals surface area contributed by atoms with Gasteiger partial charge in [0.25, 0.3) is 0 Å². The molecule has 418 valence electrons. The van der Waals surface area contributed by atoms with Gasteiger partial charge < -0.3 is 18.9 Å². The molecule has 10 heteroatoms. The highest BCUT2D eigenvalue weighted by molar-refractivity contribution is 7.47. The van der Waals surface area contributed by atoms with Crippen LogP contribution < -0.4 is 0 Å². The standard InChI is InChI=1S/C63H108NO8P/c1-6-8-10-12-14-16-18-20-22-24-26-27-28-29-30-31-32-33-34-35-36-37-38-40-42-44-46-48-50-52-54-56-63(66)72-61(60-71-73(67,68)70-58-57-64(3,4)5)59-69-62(65)55-53-51-49-47-45-43-41-39-25-23-21-19-17-15-13-11-9-7-2/h8,10,14,16-17,19-20,22-23,25-27,29-30,32-33,35-36,61H,6-7,9,11-13,15,18,21,24,28,31,34,37-60H2,1-5H3/p+1/b10-8-,16-14-,19-17-,22-20-,25-23-,27-26-,30-29-,33-32-,36-35-. The van der Waals surface area contributed by atoms with E-state index in [1.807, 2.05) is 21.1 Å². The Morgan fingerprint density at radius 1 is 0.438 bits per heavy atom. The molecule has 0 aliphatic rings. The molecule has 9 nitrogen and oxygen atoms in total. The van der Waals surface area contributed by atoms with E-state index in [2.05, 4.69) is 123 Å². The van der Waals surface area contributed by atoms with Crippen LogP contribution in [-0.4, -0.2) is 74.9 Å². The van der Waals surface area contributed by atoms with E-state index in [4.69, 9.17) is 18.5 Å². The van der Waals surface area contributed by atoms with E-state index in [0.29, 0.717) is 17.4 Å². The highest BCUT2D eigenvalue weighted by atomic mass is 31.2. The lowest BCUT2D eigenvalue weighted by Gasteiger charge is -2.24. The van der Waals surface area contributed by atoms with Gasteiger partial charge in [-0.2, -0.15) is 0 Å². The molecule has 0 fully saturated rings. The molecule has 0 radical (unpaired) electrons. The van der Waals surface area contributed by atoms with Crippen molar-refractivity contribution in [3.05, 3.63) is 109 Å². The normalized spacial score (nSPS) is 14.1. The first kappa shape index (κ1) is 69.7. The van der Waals surface area contributed by atoms with Gasteiger partial charge in [-0.3, -0.25) is 18.6 Å². The fraction of sp³-hybridized carbons (Fsp3) is 0.683. The minimum atomic E-state index is -4.40. The van der Waals surface area contributed by atoms with Crippen LogP contribution in [0.4, 0.5) is 0 Å². The van der Waals surface area contributed by atoms with Crippen molar-refractivity contribution in [3.63, 3.8) is 0 Å². The summed E-state index contributed by atoms with van der Waals surface area (Å²) in [4.78, 5) is 35.7. The molecule has 0 saturated heterocycles. The molecule has 0 spiro atoms. The van der Waals surface area contributed by atoms with E-state index in [0.717, 1.165) is 109 Å². The largest absolute Gasteiger partial charge is 0.472 e. The van der Waals surface area contributed by atoms with Crippen molar-refractivity contribution in [2.45, 2.75) is 232 Å². The van der Waals surface area contributed by atoms with Gasteiger partial charge in [0.1, 0.15) is 19.8 Å². The summed E-state index contributed by atoms with van der Waals surface area (Å²) in [7, 11) is 1.46. The van der Waals surface area contributed by atoms with Crippen LogP contribution in [0.5, 0.6) is 0 Å². The summed E-state index contributed by atoms with van der Waals surface area (Å²) in [5.41, 5.74) is 0. The third-order valence-electron chi connectivity index (χ3n) is 12.0. The Morgan fingerprint density at radius 2 is 0.781 bits per heavy atom. The molecule has 0 rings (SSSR count). The number of phosphoric acid groups is 1. The first-order valence-electron chi connectivity index (χ1n) is 29.1. The third kappa shape index (κ3) is 57.8. The van der Waals surface area contributed by atoms with Crippen molar-refractivity contribution in [2.75, 3.05) is 47.5 Å². The van der Waals surface area contributed by atoms with Gasteiger partial charge in [0.2, 0.25) is 0 Å². The summed E-state index contributed by atoms with van der Waals surface area (Å²) in [5, 5.41) is 0. The van der Waals surface area contributed by atoms with Crippen LogP contribution >= 0.6 is 7.82 Å². The summed E-state index contributed by atoms with van der Waals surface area (Å²) in [6, 6.07) is 0. The van der Waals surface area contributed by atoms with Crippen LogP contribution in [0.25, 0.3) is 0 Å². The number of hydrogen-bond donors (Lipinski definition) is 1. The van der Waals surface area contributed by atoms with Crippen molar-refractivity contribution in [2.24, 2.45) is 0 Å². The first-order valence-corrected chi connectivity index (χ1v) is 30.6. The predicted octanol–water partition coefficient (Wildman–Crippen LogP) is 18.2. The molecular formula is C63H109NO8P+. The number of unbranched alkanes of at least 4 members (excludes halogenated alkanes) is 20. The second-order valence-corrected chi connectivity index (χ2v) is 21.7. The average molecular weight is 1040 g/mol. The van der Waals surface area contributed by atoms with E-state index >= 15 is 0 Å². The molecule has 0 aromatic carbocycles. The second-order valence-electron chi connectivity index (χ2n) is 20.3. The lowest BCUT2D eigenvalue weighted by Crippen LogP contribution is -2.37. The quantitative estimate of drug-likeness (QED) is 0.0211. The lowest BCUT2D eigenvalue weighted by molar-refractivity contribution is -0.870. The number of quaternary nitrogens is 1. The minimum absolute atomic E-state index is 0.0237. The van der Waals surface area contributed by atoms with Crippen molar-refractivity contribution in [3.8, 4) is 0 Å². The molecule has 0 saturated carbocycles. The SMILES string of the molecule is CC/C=C\C/C=C\C/C=C\C/C=C\C/C=C\C/C=C\C/C=C\CCCCCCCCCCCC(=O)OC(COC(=O)CCCCCCCCC/C=C\C/C=C\CCCCCC)COP(=O)(O)OCC[N+](C)(C)C. The lowest BCUT2D eigenvalue weighted by atomic mass is 10.1. The Morgan fingerprint density at radius 3 is 1.16 bits per heavy atom. The fourth-order valence-corrected chi connectivity index (χ4v) is 8.30. The summed E-state index contributed by atoms with van der Waals surface area (Å²) < 4.78 is 34.5. The molecule has 1 N–H and O–H groups in total. The number of nitrogens with zero attached hydrogens (tertiary/aromatic N) is 1. The number of carbonyl (C=O) groups excluding carboxylic acids is 2. The number of ether oxygens (including phenoxy) is 2. The zero-order valence-electron chi connectivity index (χ0n) is 47.3. The van der Waals surface area contributed by atoms with Crippen LogP contribution in [-0.2, 0) is 32.7 Å². The molecule has 0 aliphatic carbocycles. The van der Waals surface area contributed by atoms with E-state index in [-0.39, 0.29) is 32.0 Å². The van der Waals surface area contributed by atoms with E-state index in [9.17, 15) is 19.0 Å². The van der Waals surface area contributed by atoms with Crippen molar-refractivity contribution in [1.82, 2.24) is 0 Å². The molecule has 2 unspecified atom stereocenters. The summed E-state index contributed by atoms with van der Waals surface area (Å²) in [6.45, 7) is 4.28. The van der Waals surface area contributed by atoms with Crippen molar-refractivity contribution >= 4 is 19.8 Å². The fourth-order valence-electron chi connectivity index (χ4n) is 7.55. The topological polar surface area (TPSA) is 108 Å². The van der Waals surface area contributed by atoms with Gasteiger partial charge in [-0.1, -0.05) is 220 Å². The number of likely N-dealkylation sites (N-methyl/N-ethyl adjacent to an activating group) is 1. The molecule has 0 heterocycles. The molecule has 0 amide bonds. The second kappa shape index (κ2) is 53.5. The van der Waals surface area contributed by atoms with E-state index in [1.54, 1.807) is 0 Å². The Hall–Kier alpha value is -3.33. The molecule has 0 bridgehead atoms. The Labute approximate surface area is 448 Å². The van der Waals surface area contributed by atoms with Crippen molar-refractivity contribution in [1.29, 1.82) is 0 Å². The smallest absolute Gasteiger partial charge is 0.462 e. The number of allylic oxidation sites excluding steroid dienone is 18. The summed E-state index contributed by atoms with van der Waals surface area (Å²) >= 11 is 0. The highest BCUT2D eigenvalue weighted by Gasteiger charge is 2.27. The Kier molecular flexibility index (Phi) is 51.1. The number of hydrogen-bond acceptors (Lipinski definition) is 7. The number of esters is 2. The van der Waals surface area contributed by atoms with Crippen LogP contribution in [0.15, 0.2) is 109 Å². The van der Waals surface area contributed by atoms with Crippen molar-refractivity contribution < 1.29 is 42.1 Å². The van der Waals surface area contributed by atoms with Crippen LogP contribution in [0.2, 0.25) is 0 Å². The van der Waals surface area contributed by atoms with E-state index < -0.39 is 26.5 Å².